The minimum Gasteiger partial charge on any atom is -0.507 e. The van der Waals surface area contributed by atoms with Crippen LogP contribution in [0.15, 0.2) is 45.6 Å². The lowest BCUT2D eigenvalue weighted by Gasteiger charge is -2.06. The fraction of sp³-hybridized carbons (Fsp3) is 0. The molecule has 106 valence electrons. The number of benzene rings is 2. The minimum atomic E-state index is -0.742. The monoisotopic (exact) mass is 288 g/mol. The number of hydrogen-bond acceptors (Lipinski definition) is 5. The number of rotatable bonds is 1. The third-order valence-corrected chi connectivity index (χ3v) is 3.03. The summed E-state index contributed by atoms with van der Waals surface area (Å²) in [5.74, 6) is -1.86. The zero-order chi connectivity index (χ0) is 15.1. The first-order valence-electron chi connectivity index (χ1n) is 5.94. The quantitative estimate of drug-likeness (QED) is 0.599. The first-order valence-corrected chi connectivity index (χ1v) is 5.94. The number of aromatic hydroxyl groups is 3. The second-order valence-corrected chi connectivity index (χ2v) is 4.48. The summed E-state index contributed by atoms with van der Waals surface area (Å²) in [5.41, 5.74) is -0.327. The third-order valence-electron chi connectivity index (χ3n) is 3.03. The molecule has 0 atom stereocenters. The molecule has 21 heavy (non-hydrogen) atoms. The topological polar surface area (TPSA) is 90.9 Å². The van der Waals surface area contributed by atoms with Crippen LogP contribution in [0.1, 0.15) is 0 Å². The van der Waals surface area contributed by atoms with Crippen LogP contribution < -0.4 is 5.43 Å². The summed E-state index contributed by atoms with van der Waals surface area (Å²) in [6, 6.07) is 6.80. The van der Waals surface area contributed by atoms with Crippen LogP contribution in [0, 0.1) is 5.82 Å². The van der Waals surface area contributed by atoms with E-state index in [1.54, 1.807) is 0 Å². The number of halogens is 1. The van der Waals surface area contributed by atoms with E-state index >= 15 is 0 Å². The molecule has 1 heterocycles. The standard InChI is InChI=1S/C15H9FO5/c16-8-4-11(19)15-12(20)6-13(21-14(15)5-8)7-1-2-9(17)10(18)3-7/h1-6,17-19H. The molecular formula is C15H9FO5. The zero-order valence-electron chi connectivity index (χ0n) is 10.5. The Bertz CT molecular complexity index is 914. The van der Waals surface area contributed by atoms with Crippen LogP contribution in [0.25, 0.3) is 22.3 Å². The summed E-state index contributed by atoms with van der Waals surface area (Å²) in [6.45, 7) is 0. The largest absolute Gasteiger partial charge is 0.507 e. The summed E-state index contributed by atoms with van der Waals surface area (Å²) < 4.78 is 18.7. The number of phenols is 3. The van der Waals surface area contributed by atoms with Crippen LogP contribution >= 0.6 is 0 Å². The molecule has 0 spiro atoms. The molecule has 0 amide bonds. The van der Waals surface area contributed by atoms with E-state index in [9.17, 15) is 24.5 Å². The van der Waals surface area contributed by atoms with Crippen molar-refractivity contribution >= 4 is 11.0 Å². The van der Waals surface area contributed by atoms with Crippen LogP contribution in [0.5, 0.6) is 17.2 Å². The molecule has 0 aliphatic carbocycles. The van der Waals surface area contributed by atoms with Gasteiger partial charge in [0.15, 0.2) is 16.9 Å². The van der Waals surface area contributed by atoms with E-state index in [1.807, 2.05) is 0 Å². The van der Waals surface area contributed by atoms with Gasteiger partial charge in [0.25, 0.3) is 0 Å². The average Bonchev–Trinajstić information content (AvgIpc) is 2.40. The molecule has 0 saturated heterocycles. The van der Waals surface area contributed by atoms with Crippen LogP contribution in [-0.2, 0) is 0 Å². The molecule has 2 aromatic carbocycles. The molecule has 5 nitrogen and oxygen atoms in total. The Kier molecular flexibility index (Phi) is 2.79. The van der Waals surface area contributed by atoms with Crippen molar-refractivity contribution in [3.63, 3.8) is 0 Å². The molecule has 0 unspecified atom stereocenters. The van der Waals surface area contributed by atoms with Gasteiger partial charge in [-0.05, 0) is 18.2 Å². The van der Waals surface area contributed by atoms with Gasteiger partial charge < -0.3 is 19.7 Å². The Balaban J connectivity index is 2.29. The summed E-state index contributed by atoms with van der Waals surface area (Å²) >= 11 is 0. The van der Waals surface area contributed by atoms with E-state index in [0.717, 1.165) is 18.2 Å². The Morgan fingerprint density at radius 3 is 2.38 bits per heavy atom. The van der Waals surface area contributed by atoms with Gasteiger partial charge in [-0.15, -0.1) is 0 Å². The van der Waals surface area contributed by atoms with Crippen molar-refractivity contribution in [1.29, 1.82) is 0 Å². The maximum atomic E-state index is 13.3. The van der Waals surface area contributed by atoms with Gasteiger partial charge in [-0.3, -0.25) is 4.79 Å². The van der Waals surface area contributed by atoms with E-state index < -0.39 is 17.0 Å². The molecule has 0 bridgehead atoms. The summed E-state index contributed by atoms with van der Waals surface area (Å²) in [7, 11) is 0. The average molecular weight is 288 g/mol. The highest BCUT2D eigenvalue weighted by atomic mass is 19.1. The lowest BCUT2D eigenvalue weighted by Crippen LogP contribution is -2.01. The summed E-state index contributed by atoms with van der Waals surface area (Å²) in [6.07, 6.45) is 0. The maximum absolute atomic E-state index is 13.3. The van der Waals surface area contributed by atoms with Crippen molar-refractivity contribution in [3.8, 4) is 28.6 Å². The molecule has 3 aromatic rings. The van der Waals surface area contributed by atoms with Gasteiger partial charge in [0.05, 0.1) is 0 Å². The van der Waals surface area contributed by atoms with E-state index in [4.69, 9.17) is 4.42 Å². The van der Waals surface area contributed by atoms with Gasteiger partial charge in [0, 0.05) is 23.8 Å². The number of fused-ring (bicyclic) bond motifs is 1. The Morgan fingerprint density at radius 1 is 0.905 bits per heavy atom. The summed E-state index contributed by atoms with van der Waals surface area (Å²) in [4.78, 5) is 12.0. The molecule has 6 heteroatoms. The highest BCUT2D eigenvalue weighted by Crippen LogP contribution is 2.32. The predicted octanol–water partition coefficient (Wildman–Crippen LogP) is 2.72. The molecule has 0 saturated carbocycles. The van der Waals surface area contributed by atoms with Crippen LogP contribution in [0.4, 0.5) is 4.39 Å². The minimum absolute atomic E-state index is 0.0767. The highest BCUT2D eigenvalue weighted by molar-refractivity contribution is 5.84. The molecule has 0 radical (unpaired) electrons. The molecule has 0 aliphatic heterocycles. The van der Waals surface area contributed by atoms with Gasteiger partial charge >= 0.3 is 0 Å². The van der Waals surface area contributed by atoms with E-state index in [1.165, 1.54) is 18.2 Å². The maximum Gasteiger partial charge on any atom is 0.197 e. The first-order chi connectivity index (χ1) is 9.95. The lowest BCUT2D eigenvalue weighted by molar-refractivity contribution is 0.404. The van der Waals surface area contributed by atoms with Crippen LogP contribution in [0.3, 0.4) is 0 Å². The molecular weight excluding hydrogens is 279 g/mol. The smallest absolute Gasteiger partial charge is 0.197 e. The van der Waals surface area contributed by atoms with Gasteiger partial charge in [0.2, 0.25) is 0 Å². The highest BCUT2D eigenvalue weighted by Gasteiger charge is 2.13. The van der Waals surface area contributed by atoms with Gasteiger partial charge in [-0.1, -0.05) is 0 Å². The van der Waals surface area contributed by atoms with Crippen molar-refractivity contribution in [2.24, 2.45) is 0 Å². The zero-order valence-corrected chi connectivity index (χ0v) is 10.5. The lowest BCUT2D eigenvalue weighted by atomic mass is 10.1. The van der Waals surface area contributed by atoms with Crippen molar-refractivity contribution < 1.29 is 24.1 Å². The van der Waals surface area contributed by atoms with Crippen molar-refractivity contribution in [1.82, 2.24) is 0 Å². The SMILES string of the molecule is O=c1cc(-c2ccc(O)c(O)c2)oc2cc(F)cc(O)c12. The summed E-state index contributed by atoms with van der Waals surface area (Å²) in [5, 5.41) is 28.2. The van der Waals surface area contributed by atoms with Crippen LogP contribution in [0.2, 0.25) is 0 Å². The molecule has 3 rings (SSSR count). The van der Waals surface area contributed by atoms with E-state index in [-0.39, 0.29) is 28.2 Å². The Hall–Kier alpha value is -3.02. The van der Waals surface area contributed by atoms with Crippen molar-refractivity contribution in [2.45, 2.75) is 0 Å². The molecule has 0 fully saturated rings. The predicted molar refractivity (Wildman–Crippen MR) is 72.9 cm³/mol. The molecule has 3 N–H and O–H groups in total. The fourth-order valence-electron chi connectivity index (χ4n) is 2.05. The van der Waals surface area contributed by atoms with Gasteiger partial charge in [-0.2, -0.15) is 0 Å². The third kappa shape index (κ3) is 2.16. The van der Waals surface area contributed by atoms with Gasteiger partial charge in [-0.25, -0.2) is 4.39 Å². The molecule has 1 aromatic heterocycles. The van der Waals surface area contributed by atoms with E-state index in [2.05, 4.69) is 0 Å². The number of phenolic OH excluding ortho intramolecular Hbond substituents is 3. The fourth-order valence-corrected chi connectivity index (χ4v) is 2.05. The Labute approximate surface area is 117 Å². The molecule has 0 aliphatic rings. The van der Waals surface area contributed by atoms with E-state index in [0.29, 0.717) is 5.56 Å². The normalized spacial score (nSPS) is 10.9. The number of hydrogen-bond donors (Lipinski definition) is 3. The van der Waals surface area contributed by atoms with Crippen LogP contribution in [-0.4, -0.2) is 15.3 Å². The second kappa shape index (κ2) is 4.52. The van der Waals surface area contributed by atoms with Gasteiger partial charge in [0.1, 0.15) is 28.3 Å². The second-order valence-electron chi connectivity index (χ2n) is 4.48. The Morgan fingerprint density at radius 2 is 1.67 bits per heavy atom. The van der Waals surface area contributed by atoms with Crippen molar-refractivity contribution in [2.75, 3.05) is 0 Å². The van der Waals surface area contributed by atoms with Crippen molar-refractivity contribution in [3.05, 3.63) is 52.4 Å². The first kappa shape index (κ1) is 13.0.